The Labute approximate surface area is 103 Å². The van der Waals surface area contributed by atoms with Crippen molar-refractivity contribution in [1.29, 1.82) is 0 Å². The fourth-order valence-electron chi connectivity index (χ4n) is 1.99. The van der Waals surface area contributed by atoms with Crippen molar-refractivity contribution in [2.24, 2.45) is 7.05 Å². The molecule has 0 fully saturated rings. The van der Waals surface area contributed by atoms with Gasteiger partial charge in [0, 0.05) is 35.6 Å². The van der Waals surface area contributed by atoms with Crippen LogP contribution in [-0.4, -0.2) is 18.2 Å². The van der Waals surface area contributed by atoms with Gasteiger partial charge in [0.25, 0.3) is 0 Å². The fourth-order valence-corrected chi connectivity index (χ4v) is 2.78. The molecular weight excluding hydrogens is 271 g/mol. The number of likely N-dealkylation sites (N-methyl/N-ethyl adjacent to an activating group) is 1. The highest BCUT2D eigenvalue weighted by Gasteiger charge is 2.14. The highest BCUT2D eigenvalue weighted by molar-refractivity contribution is 9.10. The van der Waals surface area contributed by atoms with Crippen LogP contribution in [0.15, 0.2) is 22.7 Å². The molecule has 0 saturated heterocycles. The maximum Gasteiger partial charge on any atom is 0.147 e. The minimum atomic E-state index is -0.170. The van der Waals surface area contributed by atoms with Crippen LogP contribution in [0.4, 0.5) is 4.39 Å². The van der Waals surface area contributed by atoms with Gasteiger partial charge in [-0.05, 0) is 29.0 Å². The van der Waals surface area contributed by atoms with Crippen LogP contribution in [0.3, 0.4) is 0 Å². The molecule has 0 aliphatic carbocycles. The van der Waals surface area contributed by atoms with Crippen molar-refractivity contribution in [3.8, 4) is 0 Å². The fraction of sp³-hybridized carbons (Fsp3) is 0.333. The summed E-state index contributed by atoms with van der Waals surface area (Å²) in [5, 5.41) is 4.04. The van der Waals surface area contributed by atoms with Crippen LogP contribution < -0.4 is 5.32 Å². The van der Waals surface area contributed by atoms with Gasteiger partial charge in [0.2, 0.25) is 0 Å². The molecular formula is C12H14BrFN2. The van der Waals surface area contributed by atoms with E-state index in [4.69, 9.17) is 0 Å². The number of para-hydroxylation sites is 1. The van der Waals surface area contributed by atoms with Gasteiger partial charge in [-0.15, -0.1) is 0 Å². The average Bonchev–Trinajstić information content (AvgIpc) is 2.51. The average molecular weight is 285 g/mol. The topological polar surface area (TPSA) is 17.0 Å². The number of aryl methyl sites for hydroxylation is 1. The van der Waals surface area contributed by atoms with Gasteiger partial charge in [0.05, 0.1) is 5.52 Å². The van der Waals surface area contributed by atoms with E-state index in [1.54, 1.807) is 6.07 Å². The van der Waals surface area contributed by atoms with Crippen molar-refractivity contribution in [3.63, 3.8) is 0 Å². The third-order valence-corrected chi connectivity index (χ3v) is 3.71. The maximum absolute atomic E-state index is 13.7. The Morgan fingerprint density at radius 2 is 2.19 bits per heavy atom. The number of rotatable bonds is 3. The summed E-state index contributed by atoms with van der Waals surface area (Å²) in [6.45, 7) is 0.879. The second-order valence-electron chi connectivity index (χ2n) is 3.81. The molecule has 0 bridgehead atoms. The third kappa shape index (κ3) is 1.76. The molecule has 86 valence electrons. The summed E-state index contributed by atoms with van der Waals surface area (Å²) in [4.78, 5) is 0. The number of hydrogen-bond donors (Lipinski definition) is 1. The summed E-state index contributed by atoms with van der Waals surface area (Å²) in [5.74, 6) is -0.170. The Hall–Kier alpha value is -0.870. The van der Waals surface area contributed by atoms with Crippen LogP contribution in [0.5, 0.6) is 0 Å². The van der Waals surface area contributed by atoms with E-state index < -0.39 is 0 Å². The first-order valence-corrected chi connectivity index (χ1v) is 6.02. The Bertz CT molecular complexity index is 519. The van der Waals surface area contributed by atoms with Crippen molar-refractivity contribution < 1.29 is 4.39 Å². The summed E-state index contributed by atoms with van der Waals surface area (Å²) < 4.78 is 16.6. The van der Waals surface area contributed by atoms with Crippen LogP contribution >= 0.6 is 15.9 Å². The number of hydrogen-bond acceptors (Lipinski definition) is 1. The number of nitrogens with one attached hydrogen (secondary N) is 1. The van der Waals surface area contributed by atoms with Crippen molar-refractivity contribution in [3.05, 3.63) is 34.2 Å². The minimum Gasteiger partial charge on any atom is -0.344 e. The highest BCUT2D eigenvalue weighted by atomic mass is 79.9. The van der Waals surface area contributed by atoms with Gasteiger partial charge < -0.3 is 9.88 Å². The molecule has 0 unspecified atom stereocenters. The zero-order chi connectivity index (χ0) is 11.7. The first-order chi connectivity index (χ1) is 7.66. The van der Waals surface area contributed by atoms with Gasteiger partial charge in [0.1, 0.15) is 5.82 Å². The van der Waals surface area contributed by atoms with Gasteiger partial charge >= 0.3 is 0 Å². The Balaban J connectivity index is 2.62. The Morgan fingerprint density at radius 1 is 1.44 bits per heavy atom. The molecule has 16 heavy (non-hydrogen) atoms. The van der Waals surface area contributed by atoms with E-state index >= 15 is 0 Å². The summed E-state index contributed by atoms with van der Waals surface area (Å²) in [7, 11) is 3.82. The lowest BCUT2D eigenvalue weighted by Crippen LogP contribution is -2.12. The van der Waals surface area contributed by atoms with Crippen LogP contribution in [0.25, 0.3) is 10.9 Å². The molecule has 1 aromatic heterocycles. The summed E-state index contributed by atoms with van der Waals surface area (Å²) in [6, 6.07) is 5.17. The number of benzene rings is 1. The molecule has 0 saturated carbocycles. The van der Waals surface area contributed by atoms with Gasteiger partial charge in [-0.3, -0.25) is 0 Å². The smallest absolute Gasteiger partial charge is 0.147 e. The molecule has 1 N–H and O–H groups in total. The van der Waals surface area contributed by atoms with Gasteiger partial charge in [-0.1, -0.05) is 12.1 Å². The summed E-state index contributed by atoms with van der Waals surface area (Å²) in [5.41, 5.74) is 1.79. The van der Waals surface area contributed by atoms with Crippen LogP contribution in [0.2, 0.25) is 0 Å². The molecule has 0 spiro atoms. The van der Waals surface area contributed by atoms with Crippen LogP contribution in [0.1, 0.15) is 5.69 Å². The zero-order valence-electron chi connectivity index (χ0n) is 9.35. The first-order valence-electron chi connectivity index (χ1n) is 5.22. The van der Waals surface area contributed by atoms with Gasteiger partial charge in [0.15, 0.2) is 0 Å². The number of fused-ring (bicyclic) bond motifs is 1. The molecule has 2 aromatic rings. The third-order valence-electron chi connectivity index (χ3n) is 2.83. The van der Waals surface area contributed by atoms with E-state index in [2.05, 4.69) is 21.2 Å². The molecule has 1 aromatic carbocycles. The number of nitrogens with zero attached hydrogens (tertiary/aromatic N) is 1. The van der Waals surface area contributed by atoms with Gasteiger partial charge in [-0.25, -0.2) is 4.39 Å². The second-order valence-corrected chi connectivity index (χ2v) is 4.60. The summed E-state index contributed by atoms with van der Waals surface area (Å²) >= 11 is 3.55. The number of aromatic nitrogens is 1. The molecule has 2 nitrogen and oxygen atoms in total. The van der Waals surface area contributed by atoms with E-state index in [1.165, 1.54) is 6.07 Å². The maximum atomic E-state index is 13.7. The van der Waals surface area contributed by atoms with E-state index in [1.807, 2.05) is 24.7 Å². The molecule has 4 heteroatoms. The lowest BCUT2D eigenvalue weighted by Gasteiger charge is -2.04. The van der Waals surface area contributed by atoms with Crippen LogP contribution in [0, 0.1) is 5.82 Å². The molecule has 0 amide bonds. The minimum absolute atomic E-state index is 0.170. The van der Waals surface area contributed by atoms with Crippen molar-refractivity contribution >= 4 is 26.8 Å². The molecule has 2 rings (SSSR count). The second kappa shape index (κ2) is 4.55. The largest absolute Gasteiger partial charge is 0.344 e. The molecule has 0 aliphatic rings. The monoisotopic (exact) mass is 284 g/mol. The highest BCUT2D eigenvalue weighted by Crippen LogP contribution is 2.31. The van der Waals surface area contributed by atoms with E-state index in [9.17, 15) is 4.39 Å². The predicted molar refractivity (Wildman–Crippen MR) is 68.2 cm³/mol. The Morgan fingerprint density at radius 3 is 2.81 bits per heavy atom. The van der Waals surface area contributed by atoms with Crippen molar-refractivity contribution in [1.82, 2.24) is 9.88 Å². The van der Waals surface area contributed by atoms with E-state index in [-0.39, 0.29) is 5.82 Å². The van der Waals surface area contributed by atoms with Crippen molar-refractivity contribution in [2.75, 3.05) is 13.6 Å². The van der Waals surface area contributed by atoms with E-state index in [0.717, 1.165) is 28.5 Å². The van der Waals surface area contributed by atoms with E-state index in [0.29, 0.717) is 5.52 Å². The van der Waals surface area contributed by atoms with Crippen molar-refractivity contribution in [2.45, 2.75) is 6.42 Å². The van der Waals surface area contributed by atoms with Gasteiger partial charge in [-0.2, -0.15) is 0 Å². The normalized spacial score (nSPS) is 11.2. The predicted octanol–water partition coefficient (Wildman–Crippen LogP) is 2.84. The standard InChI is InChI=1S/C12H14BrFN2/c1-15-7-6-10-11(13)8-4-3-5-9(14)12(8)16(10)2/h3-5,15H,6-7H2,1-2H3. The molecule has 0 atom stereocenters. The zero-order valence-corrected chi connectivity index (χ0v) is 10.9. The molecule has 0 radical (unpaired) electrons. The first kappa shape index (κ1) is 11.6. The lowest BCUT2D eigenvalue weighted by molar-refractivity contribution is 0.629. The van der Waals surface area contributed by atoms with Crippen LogP contribution in [-0.2, 0) is 13.5 Å². The SMILES string of the molecule is CNCCc1c(Br)c2cccc(F)c2n1C. The summed E-state index contributed by atoms with van der Waals surface area (Å²) in [6.07, 6.45) is 0.877. The number of halogens is 2. The molecule has 0 aliphatic heterocycles. The Kier molecular flexibility index (Phi) is 3.30. The lowest BCUT2D eigenvalue weighted by atomic mass is 10.2. The quantitative estimate of drug-likeness (QED) is 0.917. The molecule has 1 heterocycles.